The normalized spacial score (nSPS) is 20.0. The Morgan fingerprint density at radius 3 is 2.83 bits per heavy atom. The number of amides is 1. The van der Waals surface area contributed by atoms with Crippen LogP contribution in [0.4, 0.5) is 5.82 Å². The Morgan fingerprint density at radius 1 is 1.43 bits per heavy atom. The third-order valence-corrected chi connectivity index (χ3v) is 3.62. The highest BCUT2D eigenvalue weighted by Gasteiger charge is 2.27. The molecule has 3 N–H and O–H groups in total. The summed E-state index contributed by atoms with van der Waals surface area (Å²) in [5, 5.41) is 9.95. The van der Waals surface area contributed by atoms with Crippen LogP contribution >= 0.6 is 48.0 Å². The number of aromatic nitrogens is 1. The average Bonchev–Trinajstić information content (AvgIpc) is 2.45. The number of morpholine rings is 1. The summed E-state index contributed by atoms with van der Waals surface area (Å²) in [6.45, 7) is 4.18. The summed E-state index contributed by atoms with van der Waals surface area (Å²) in [7, 11) is 0. The van der Waals surface area contributed by atoms with Crippen LogP contribution in [0.2, 0.25) is 10.0 Å². The fourth-order valence-electron chi connectivity index (χ4n) is 2.05. The maximum Gasteiger partial charge on any atom is 0.239 e. The number of anilines is 1. The Labute approximate surface area is 157 Å². The minimum absolute atomic E-state index is 0. The van der Waals surface area contributed by atoms with Gasteiger partial charge in [0.05, 0.1) is 22.8 Å². The lowest BCUT2D eigenvalue weighted by Crippen LogP contribution is -2.55. The molecule has 10 heteroatoms. The summed E-state index contributed by atoms with van der Waals surface area (Å²) >= 11 is 11.8. The molecule has 132 valence electrons. The highest BCUT2D eigenvalue weighted by atomic mass is 35.5. The van der Waals surface area contributed by atoms with Gasteiger partial charge in [-0.25, -0.2) is 4.98 Å². The number of rotatable bonds is 5. The molecule has 1 amide bonds. The minimum atomic E-state index is -0.309. The van der Waals surface area contributed by atoms with Crippen LogP contribution in [0.5, 0.6) is 0 Å². The number of halogens is 4. The second kappa shape index (κ2) is 11.1. The first-order chi connectivity index (χ1) is 10.1. The molecular weight excluding hydrogens is 386 g/mol. The van der Waals surface area contributed by atoms with Crippen molar-refractivity contribution in [2.24, 2.45) is 0 Å². The molecule has 2 atom stereocenters. The van der Waals surface area contributed by atoms with Gasteiger partial charge in [-0.2, -0.15) is 0 Å². The van der Waals surface area contributed by atoms with Crippen LogP contribution in [0.3, 0.4) is 0 Å². The maximum atomic E-state index is 12.0. The Bertz CT molecular complexity index is 507. The van der Waals surface area contributed by atoms with E-state index in [1.54, 1.807) is 6.07 Å². The summed E-state index contributed by atoms with van der Waals surface area (Å²) in [5.74, 6) is 0.474. The van der Waals surface area contributed by atoms with Crippen LogP contribution in [0.25, 0.3) is 0 Å². The van der Waals surface area contributed by atoms with Crippen molar-refractivity contribution in [1.82, 2.24) is 15.6 Å². The van der Waals surface area contributed by atoms with Gasteiger partial charge in [-0.3, -0.25) is 4.79 Å². The van der Waals surface area contributed by atoms with E-state index in [1.807, 2.05) is 6.92 Å². The third-order valence-electron chi connectivity index (χ3n) is 3.12. The Hall–Kier alpha value is -0.500. The standard InChI is InChI=1S/C13H18Cl2N4O2.2ClH/c1-8-11(16-4-5-21-8)13(20)18-3-2-17-12-10(15)6-9(14)7-19-12;;/h6-8,11,16H,2-5H2,1H3,(H,17,19)(H,18,20);2*1H/t8-,11+;;/m1../s1. The molecule has 0 spiro atoms. The molecule has 6 nitrogen and oxygen atoms in total. The molecule has 0 aliphatic carbocycles. The SMILES string of the molecule is C[C@H]1OCCN[C@@H]1C(=O)NCCNc1ncc(Cl)cc1Cl.Cl.Cl. The van der Waals surface area contributed by atoms with Gasteiger partial charge in [0, 0.05) is 25.8 Å². The Balaban J connectivity index is 0.00000242. The van der Waals surface area contributed by atoms with E-state index in [2.05, 4.69) is 20.9 Å². The van der Waals surface area contributed by atoms with E-state index in [-0.39, 0.29) is 42.9 Å². The number of nitrogens with zero attached hydrogens (tertiary/aromatic N) is 1. The van der Waals surface area contributed by atoms with Crippen LogP contribution < -0.4 is 16.0 Å². The van der Waals surface area contributed by atoms with Gasteiger partial charge in [-0.05, 0) is 13.0 Å². The largest absolute Gasteiger partial charge is 0.375 e. The Morgan fingerprint density at radius 2 is 2.17 bits per heavy atom. The molecule has 0 unspecified atom stereocenters. The minimum Gasteiger partial charge on any atom is -0.375 e. The topological polar surface area (TPSA) is 75.3 Å². The lowest BCUT2D eigenvalue weighted by Gasteiger charge is -2.29. The smallest absolute Gasteiger partial charge is 0.239 e. The van der Waals surface area contributed by atoms with E-state index >= 15 is 0 Å². The predicted molar refractivity (Wildman–Crippen MR) is 97.5 cm³/mol. The monoisotopic (exact) mass is 404 g/mol. The van der Waals surface area contributed by atoms with Crippen molar-refractivity contribution in [3.8, 4) is 0 Å². The zero-order valence-electron chi connectivity index (χ0n) is 12.5. The van der Waals surface area contributed by atoms with Gasteiger partial charge in [0.15, 0.2) is 0 Å². The zero-order valence-corrected chi connectivity index (χ0v) is 15.6. The molecule has 1 aromatic rings. The summed E-state index contributed by atoms with van der Waals surface area (Å²) in [4.78, 5) is 16.1. The highest BCUT2D eigenvalue weighted by Crippen LogP contribution is 2.21. The summed E-state index contributed by atoms with van der Waals surface area (Å²) < 4.78 is 5.44. The van der Waals surface area contributed by atoms with Crippen molar-refractivity contribution in [2.45, 2.75) is 19.1 Å². The predicted octanol–water partition coefficient (Wildman–Crippen LogP) is 2.14. The molecule has 1 saturated heterocycles. The number of nitrogens with one attached hydrogen (secondary N) is 3. The van der Waals surface area contributed by atoms with Gasteiger partial charge in [0.1, 0.15) is 11.9 Å². The molecule has 2 heterocycles. The lowest BCUT2D eigenvalue weighted by atomic mass is 10.1. The van der Waals surface area contributed by atoms with Gasteiger partial charge in [0.25, 0.3) is 0 Å². The first-order valence-corrected chi connectivity index (χ1v) is 7.51. The molecule has 1 aliphatic heterocycles. The summed E-state index contributed by atoms with van der Waals surface area (Å²) in [6.07, 6.45) is 1.39. The van der Waals surface area contributed by atoms with Gasteiger partial charge in [-0.15, -0.1) is 24.8 Å². The zero-order chi connectivity index (χ0) is 15.2. The van der Waals surface area contributed by atoms with Crippen molar-refractivity contribution < 1.29 is 9.53 Å². The van der Waals surface area contributed by atoms with E-state index in [0.29, 0.717) is 42.1 Å². The van der Waals surface area contributed by atoms with E-state index in [0.717, 1.165) is 0 Å². The molecule has 0 bridgehead atoms. The molecule has 0 saturated carbocycles. The first kappa shape index (κ1) is 22.5. The van der Waals surface area contributed by atoms with E-state index in [1.165, 1.54) is 6.20 Å². The van der Waals surface area contributed by atoms with Crippen molar-refractivity contribution in [1.29, 1.82) is 0 Å². The van der Waals surface area contributed by atoms with Crippen LogP contribution in [0.15, 0.2) is 12.3 Å². The fraction of sp³-hybridized carbons (Fsp3) is 0.538. The lowest BCUT2D eigenvalue weighted by molar-refractivity contribution is -0.128. The van der Waals surface area contributed by atoms with Gasteiger partial charge >= 0.3 is 0 Å². The van der Waals surface area contributed by atoms with E-state index < -0.39 is 0 Å². The second-order valence-corrected chi connectivity index (χ2v) is 5.55. The second-order valence-electron chi connectivity index (χ2n) is 4.71. The molecule has 23 heavy (non-hydrogen) atoms. The van der Waals surface area contributed by atoms with E-state index in [9.17, 15) is 4.79 Å². The molecule has 1 aliphatic rings. The number of hydrogen-bond acceptors (Lipinski definition) is 5. The van der Waals surface area contributed by atoms with Crippen molar-refractivity contribution in [3.63, 3.8) is 0 Å². The molecule has 1 fully saturated rings. The van der Waals surface area contributed by atoms with Gasteiger partial charge in [0.2, 0.25) is 5.91 Å². The van der Waals surface area contributed by atoms with Gasteiger partial charge < -0.3 is 20.7 Å². The number of carbonyl (C=O) groups is 1. The van der Waals surface area contributed by atoms with Crippen LogP contribution in [-0.2, 0) is 9.53 Å². The van der Waals surface area contributed by atoms with Crippen LogP contribution in [0, 0.1) is 0 Å². The summed E-state index contributed by atoms with van der Waals surface area (Å²) in [5.41, 5.74) is 0. The number of hydrogen-bond donors (Lipinski definition) is 3. The molecular formula is C13H20Cl4N4O2. The third kappa shape index (κ3) is 6.87. The van der Waals surface area contributed by atoms with Crippen molar-refractivity contribution in [2.75, 3.05) is 31.6 Å². The molecule has 0 aromatic carbocycles. The molecule has 1 aromatic heterocycles. The molecule has 0 radical (unpaired) electrons. The number of ether oxygens (including phenoxy) is 1. The fourth-order valence-corrected chi connectivity index (χ4v) is 2.50. The Kier molecular flexibility index (Phi) is 10.9. The van der Waals surface area contributed by atoms with Crippen LogP contribution in [0.1, 0.15) is 6.92 Å². The van der Waals surface area contributed by atoms with Crippen molar-refractivity contribution in [3.05, 3.63) is 22.3 Å². The number of pyridine rings is 1. The quantitative estimate of drug-likeness (QED) is 0.654. The summed E-state index contributed by atoms with van der Waals surface area (Å²) in [6, 6.07) is 1.30. The maximum absolute atomic E-state index is 12.0. The number of carbonyl (C=O) groups excluding carboxylic acids is 1. The van der Waals surface area contributed by atoms with E-state index in [4.69, 9.17) is 27.9 Å². The van der Waals surface area contributed by atoms with Crippen LogP contribution in [-0.4, -0.2) is 49.3 Å². The average molecular weight is 406 g/mol. The first-order valence-electron chi connectivity index (χ1n) is 6.75. The molecule has 2 rings (SSSR count). The van der Waals surface area contributed by atoms with Gasteiger partial charge in [-0.1, -0.05) is 23.2 Å². The highest BCUT2D eigenvalue weighted by molar-refractivity contribution is 6.35. The van der Waals surface area contributed by atoms with Crippen molar-refractivity contribution >= 4 is 59.7 Å².